The minimum absolute atomic E-state index is 0.0304. The molecular weight excluding hydrogens is 312 g/mol. The third-order valence-electron chi connectivity index (χ3n) is 3.81. The summed E-state index contributed by atoms with van der Waals surface area (Å²) in [5.74, 6) is 0.669. The van der Waals surface area contributed by atoms with E-state index in [2.05, 4.69) is 4.98 Å². The number of aryl methyl sites for hydroxylation is 2. The van der Waals surface area contributed by atoms with E-state index in [9.17, 15) is 4.79 Å². The number of aromatic nitrogens is 1. The molecule has 23 heavy (non-hydrogen) atoms. The molecule has 122 valence electrons. The third kappa shape index (κ3) is 3.89. The van der Waals surface area contributed by atoms with Crippen molar-refractivity contribution in [3.8, 4) is 5.75 Å². The largest absolute Gasteiger partial charge is 0.484 e. The highest BCUT2D eigenvalue weighted by molar-refractivity contribution is 7.09. The topological polar surface area (TPSA) is 51.7 Å². The number of rotatable bonds is 4. The summed E-state index contributed by atoms with van der Waals surface area (Å²) in [5.41, 5.74) is 2.06. The first-order valence-electron chi connectivity index (χ1n) is 7.62. The molecule has 1 amide bonds. The summed E-state index contributed by atoms with van der Waals surface area (Å²) in [6.45, 7) is 5.61. The molecule has 1 aromatic carbocycles. The molecule has 1 saturated heterocycles. The Bertz CT molecular complexity index is 669. The van der Waals surface area contributed by atoms with Crippen molar-refractivity contribution in [1.29, 1.82) is 0 Å². The summed E-state index contributed by atoms with van der Waals surface area (Å²) >= 11 is 1.59. The van der Waals surface area contributed by atoms with Gasteiger partial charge >= 0.3 is 0 Å². The number of morpholine rings is 1. The molecule has 0 bridgehead atoms. The Morgan fingerprint density at radius 1 is 1.39 bits per heavy atom. The second kappa shape index (κ2) is 7.10. The number of ether oxygens (including phenoxy) is 2. The first-order chi connectivity index (χ1) is 11.1. The van der Waals surface area contributed by atoms with Crippen molar-refractivity contribution in [2.24, 2.45) is 0 Å². The lowest BCUT2D eigenvalue weighted by Crippen LogP contribution is -2.45. The molecule has 1 aliphatic heterocycles. The van der Waals surface area contributed by atoms with Crippen molar-refractivity contribution in [1.82, 2.24) is 9.88 Å². The van der Waals surface area contributed by atoms with Crippen molar-refractivity contribution >= 4 is 17.2 Å². The van der Waals surface area contributed by atoms with E-state index in [1.807, 2.05) is 48.4 Å². The van der Waals surface area contributed by atoms with Crippen molar-refractivity contribution in [2.45, 2.75) is 19.9 Å². The fraction of sp³-hybridized carbons (Fsp3) is 0.412. The van der Waals surface area contributed by atoms with Gasteiger partial charge in [-0.15, -0.1) is 11.3 Å². The zero-order valence-electron chi connectivity index (χ0n) is 13.3. The van der Waals surface area contributed by atoms with E-state index in [1.165, 1.54) is 0 Å². The Kier molecular flexibility index (Phi) is 4.93. The lowest BCUT2D eigenvalue weighted by molar-refractivity contribution is -0.142. The van der Waals surface area contributed by atoms with Crippen LogP contribution in [0.5, 0.6) is 5.75 Å². The molecule has 1 aliphatic rings. The van der Waals surface area contributed by atoms with Gasteiger partial charge in [0, 0.05) is 11.9 Å². The lowest BCUT2D eigenvalue weighted by atomic mass is 10.1. The fourth-order valence-electron chi connectivity index (χ4n) is 2.54. The number of hydrogen-bond donors (Lipinski definition) is 0. The molecule has 1 atom stereocenters. The van der Waals surface area contributed by atoms with Gasteiger partial charge in [0.15, 0.2) is 6.61 Å². The molecule has 1 fully saturated rings. The highest BCUT2D eigenvalue weighted by Crippen LogP contribution is 2.25. The van der Waals surface area contributed by atoms with Crippen LogP contribution in [0.2, 0.25) is 0 Å². The summed E-state index contributed by atoms with van der Waals surface area (Å²) in [4.78, 5) is 18.9. The maximum Gasteiger partial charge on any atom is 0.261 e. The number of carbonyl (C=O) groups is 1. The Morgan fingerprint density at radius 3 is 2.87 bits per heavy atom. The Morgan fingerprint density at radius 2 is 2.17 bits per heavy atom. The maximum atomic E-state index is 12.5. The third-order valence-corrected chi connectivity index (χ3v) is 4.60. The van der Waals surface area contributed by atoms with E-state index in [-0.39, 0.29) is 18.6 Å². The zero-order valence-corrected chi connectivity index (χ0v) is 14.1. The molecule has 5 nitrogen and oxygen atoms in total. The van der Waals surface area contributed by atoms with Crippen LogP contribution in [0, 0.1) is 13.8 Å². The quantitative estimate of drug-likeness (QED) is 0.864. The summed E-state index contributed by atoms with van der Waals surface area (Å²) in [6.07, 6.45) is 0. The molecular formula is C17H20N2O3S. The van der Waals surface area contributed by atoms with E-state index in [1.54, 1.807) is 11.3 Å². The van der Waals surface area contributed by atoms with Crippen LogP contribution in [0.4, 0.5) is 0 Å². The van der Waals surface area contributed by atoms with Crippen LogP contribution in [0.25, 0.3) is 0 Å². The van der Waals surface area contributed by atoms with Crippen molar-refractivity contribution < 1.29 is 14.3 Å². The molecule has 0 radical (unpaired) electrons. The zero-order chi connectivity index (χ0) is 16.2. The van der Waals surface area contributed by atoms with Crippen molar-refractivity contribution in [3.63, 3.8) is 0 Å². The minimum atomic E-state index is -0.122. The number of hydrogen-bond acceptors (Lipinski definition) is 5. The normalized spacial score (nSPS) is 18.0. The van der Waals surface area contributed by atoms with Gasteiger partial charge in [0.1, 0.15) is 5.75 Å². The van der Waals surface area contributed by atoms with E-state index in [0.717, 1.165) is 16.3 Å². The van der Waals surface area contributed by atoms with Crippen LogP contribution in [0.1, 0.15) is 22.3 Å². The highest BCUT2D eigenvalue weighted by Gasteiger charge is 2.30. The van der Waals surface area contributed by atoms with Gasteiger partial charge in [-0.25, -0.2) is 4.98 Å². The average molecular weight is 332 g/mol. The van der Waals surface area contributed by atoms with Crippen LogP contribution < -0.4 is 4.74 Å². The number of carbonyl (C=O) groups excluding carboxylic acids is 1. The Hall–Kier alpha value is -1.92. The van der Waals surface area contributed by atoms with Crippen molar-refractivity contribution in [2.75, 3.05) is 26.4 Å². The fourth-order valence-corrected chi connectivity index (χ4v) is 3.20. The van der Waals surface area contributed by atoms with Crippen LogP contribution in [0.15, 0.2) is 29.6 Å². The average Bonchev–Trinajstić information content (AvgIpc) is 3.00. The molecule has 0 aliphatic carbocycles. The Labute approximate surface area is 139 Å². The molecule has 0 saturated carbocycles. The molecule has 0 N–H and O–H groups in total. The highest BCUT2D eigenvalue weighted by atomic mass is 32.1. The predicted molar refractivity (Wildman–Crippen MR) is 88.8 cm³/mol. The molecule has 0 unspecified atom stereocenters. The van der Waals surface area contributed by atoms with Gasteiger partial charge in [-0.3, -0.25) is 4.79 Å². The van der Waals surface area contributed by atoms with Crippen LogP contribution in [-0.2, 0) is 9.53 Å². The van der Waals surface area contributed by atoms with Gasteiger partial charge in [0.2, 0.25) is 0 Å². The van der Waals surface area contributed by atoms with Gasteiger partial charge in [-0.1, -0.05) is 17.7 Å². The predicted octanol–water partition coefficient (Wildman–Crippen LogP) is 2.74. The van der Waals surface area contributed by atoms with Crippen LogP contribution >= 0.6 is 11.3 Å². The maximum absolute atomic E-state index is 12.5. The molecule has 1 aromatic heterocycles. The summed E-state index contributed by atoms with van der Waals surface area (Å²) in [7, 11) is 0. The molecule has 3 rings (SSSR count). The first-order valence-corrected chi connectivity index (χ1v) is 8.50. The lowest BCUT2D eigenvalue weighted by Gasteiger charge is -2.34. The summed E-state index contributed by atoms with van der Waals surface area (Å²) < 4.78 is 11.1. The van der Waals surface area contributed by atoms with Gasteiger partial charge in [-0.05, 0) is 26.0 Å². The van der Waals surface area contributed by atoms with E-state index >= 15 is 0 Å². The monoisotopic (exact) mass is 332 g/mol. The van der Waals surface area contributed by atoms with E-state index in [4.69, 9.17) is 9.47 Å². The first kappa shape index (κ1) is 16.0. The van der Waals surface area contributed by atoms with Crippen molar-refractivity contribution in [3.05, 3.63) is 45.9 Å². The summed E-state index contributed by atoms with van der Waals surface area (Å²) in [5, 5.41) is 2.99. The number of nitrogens with zero attached hydrogens (tertiary/aromatic N) is 2. The molecule has 2 heterocycles. The van der Waals surface area contributed by atoms with Gasteiger partial charge in [0.25, 0.3) is 5.91 Å². The summed E-state index contributed by atoms with van der Waals surface area (Å²) in [6, 6.07) is 7.57. The number of benzene rings is 1. The second-order valence-electron chi connectivity index (χ2n) is 5.57. The minimum Gasteiger partial charge on any atom is -0.484 e. The molecule has 0 spiro atoms. The standard InChI is InChI=1S/C17H20N2O3S/c1-12-3-5-14(6-4-12)22-10-17(20)19-7-8-21-9-16(19)15-11-23-13(2)18-15/h3-6,11,16H,7-10H2,1-2H3/t16-/m1/s1. The van der Waals surface area contributed by atoms with E-state index in [0.29, 0.717) is 25.5 Å². The van der Waals surface area contributed by atoms with E-state index < -0.39 is 0 Å². The van der Waals surface area contributed by atoms with Crippen LogP contribution in [0.3, 0.4) is 0 Å². The van der Waals surface area contributed by atoms with Crippen LogP contribution in [-0.4, -0.2) is 42.2 Å². The Balaban J connectivity index is 1.65. The molecule has 6 heteroatoms. The van der Waals surface area contributed by atoms with Gasteiger partial charge < -0.3 is 14.4 Å². The SMILES string of the molecule is Cc1ccc(OCC(=O)N2CCOC[C@@H]2c2csc(C)n2)cc1. The smallest absolute Gasteiger partial charge is 0.261 e. The van der Waals surface area contributed by atoms with Gasteiger partial charge in [0.05, 0.1) is 30.0 Å². The number of thiazole rings is 1. The second-order valence-corrected chi connectivity index (χ2v) is 6.63. The van der Waals surface area contributed by atoms with Gasteiger partial charge in [-0.2, -0.15) is 0 Å². The number of amides is 1. The molecule has 2 aromatic rings.